The van der Waals surface area contributed by atoms with Gasteiger partial charge in [0.2, 0.25) is 10.0 Å². The van der Waals surface area contributed by atoms with E-state index in [1.165, 1.54) is 25.7 Å². The van der Waals surface area contributed by atoms with Gasteiger partial charge >= 0.3 is 0 Å². The molecule has 18 heavy (non-hydrogen) atoms. The lowest BCUT2D eigenvalue weighted by molar-refractivity contribution is 0.567. The third-order valence-corrected chi connectivity index (χ3v) is 4.30. The van der Waals surface area contributed by atoms with Crippen molar-refractivity contribution in [1.29, 1.82) is 0 Å². The molecule has 0 aliphatic heterocycles. The molecule has 0 aliphatic carbocycles. The van der Waals surface area contributed by atoms with Gasteiger partial charge in [-0.2, -0.15) is 0 Å². The summed E-state index contributed by atoms with van der Waals surface area (Å²) in [5, 5.41) is 0. The summed E-state index contributed by atoms with van der Waals surface area (Å²) in [6, 6.07) is 9.15. The van der Waals surface area contributed by atoms with E-state index < -0.39 is 10.0 Å². The van der Waals surface area contributed by atoms with Crippen LogP contribution < -0.4 is 4.72 Å². The summed E-state index contributed by atoms with van der Waals surface area (Å²) >= 11 is 0. The highest BCUT2D eigenvalue weighted by atomic mass is 32.2. The Morgan fingerprint density at radius 3 is 2.33 bits per heavy atom. The van der Waals surface area contributed by atoms with Crippen LogP contribution in [0.3, 0.4) is 0 Å². The molecule has 101 valence electrons. The lowest BCUT2D eigenvalue weighted by Crippen LogP contribution is -2.24. The summed E-state index contributed by atoms with van der Waals surface area (Å²) in [5.41, 5.74) is 0. The van der Waals surface area contributed by atoms with Crippen molar-refractivity contribution in [1.82, 2.24) is 4.72 Å². The predicted molar refractivity (Wildman–Crippen MR) is 73.8 cm³/mol. The molecule has 0 atom stereocenters. The van der Waals surface area contributed by atoms with E-state index in [2.05, 4.69) is 17.7 Å². The van der Waals surface area contributed by atoms with Crippen LogP contribution in [0.2, 0.25) is 0 Å². The molecule has 4 heteroatoms. The number of sulfonamides is 1. The fourth-order valence-corrected chi connectivity index (χ4v) is 2.82. The maximum absolute atomic E-state index is 11.8. The maximum Gasteiger partial charge on any atom is 0.240 e. The number of benzene rings is 1. The molecule has 0 spiro atoms. The quantitative estimate of drug-likeness (QED) is 0.699. The zero-order valence-electron chi connectivity index (χ0n) is 11.0. The van der Waals surface area contributed by atoms with Gasteiger partial charge in [0.1, 0.15) is 0 Å². The van der Waals surface area contributed by atoms with E-state index in [0.717, 1.165) is 12.8 Å². The Labute approximate surface area is 111 Å². The highest BCUT2D eigenvalue weighted by Gasteiger charge is 2.11. The van der Waals surface area contributed by atoms with E-state index in [1.54, 1.807) is 24.3 Å². The van der Waals surface area contributed by atoms with Crippen LogP contribution in [0.4, 0.5) is 0 Å². The molecule has 0 fully saturated rings. The van der Waals surface area contributed by atoms with Gasteiger partial charge in [0.25, 0.3) is 0 Å². The highest BCUT2D eigenvalue weighted by Crippen LogP contribution is 2.08. The Balaban J connectivity index is 2.23. The maximum atomic E-state index is 11.8. The van der Waals surface area contributed by atoms with Crippen LogP contribution in [-0.4, -0.2) is 15.0 Å². The van der Waals surface area contributed by atoms with Gasteiger partial charge in [0.15, 0.2) is 0 Å². The average molecular weight is 268 g/mol. The fourth-order valence-electron chi connectivity index (χ4n) is 1.75. The number of unbranched alkanes of at least 4 members (excludes halogenated alkanes) is 5. The second-order valence-electron chi connectivity index (χ2n) is 4.40. The van der Waals surface area contributed by atoms with Crippen LogP contribution in [0.5, 0.6) is 0 Å². The third kappa shape index (κ3) is 5.65. The van der Waals surface area contributed by atoms with Gasteiger partial charge in [-0.05, 0) is 24.6 Å². The topological polar surface area (TPSA) is 46.2 Å². The zero-order valence-corrected chi connectivity index (χ0v) is 11.8. The molecule has 0 saturated carbocycles. The van der Waals surface area contributed by atoms with Crippen molar-refractivity contribution in [2.45, 2.75) is 50.3 Å². The lowest BCUT2D eigenvalue weighted by atomic mass is 10.1. The van der Waals surface area contributed by atoms with Crippen molar-refractivity contribution >= 4 is 10.0 Å². The first-order valence-electron chi connectivity index (χ1n) is 6.62. The van der Waals surface area contributed by atoms with Crippen molar-refractivity contribution in [2.75, 3.05) is 6.54 Å². The van der Waals surface area contributed by atoms with E-state index >= 15 is 0 Å². The molecule has 0 aromatic heterocycles. The van der Waals surface area contributed by atoms with Crippen molar-refractivity contribution in [2.24, 2.45) is 0 Å². The van der Waals surface area contributed by atoms with E-state index in [0.29, 0.717) is 11.4 Å². The van der Waals surface area contributed by atoms with Crippen LogP contribution in [0.1, 0.15) is 45.4 Å². The molecule has 1 aromatic carbocycles. The fraction of sp³-hybridized carbons (Fsp3) is 0.571. The second kappa shape index (κ2) is 8.27. The first-order chi connectivity index (χ1) is 8.67. The third-order valence-electron chi connectivity index (χ3n) is 2.82. The lowest BCUT2D eigenvalue weighted by Gasteiger charge is -2.06. The van der Waals surface area contributed by atoms with Crippen molar-refractivity contribution < 1.29 is 8.42 Å². The van der Waals surface area contributed by atoms with E-state index in [9.17, 15) is 8.42 Å². The molecule has 0 amide bonds. The first-order valence-corrected chi connectivity index (χ1v) is 8.11. The average Bonchev–Trinajstić information content (AvgIpc) is 2.39. The Hall–Kier alpha value is -0.870. The summed E-state index contributed by atoms with van der Waals surface area (Å²) < 4.78 is 26.3. The Bertz CT molecular complexity index is 415. The van der Waals surface area contributed by atoms with Gasteiger partial charge in [-0.15, -0.1) is 0 Å². The number of hydrogen-bond donors (Lipinski definition) is 1. The molecule has 1 radical (unpaired) electrons. The van der Waals surface area contributed by atoms with Crippen LogP contribution >= 0.6 is 0 Å². The number of hydrogen-bond acceptors (Lipinski definition) is 2. The summed E-state index contributed by atoms with van der Waals surface area (Å²) in [4.78, 5) is 0.312. The molecule has 1 aromatic rings. The van der Waals surface area contributed by atoms with E-state index in [4.69, 9.17) is 0 Å². The molecule has 0 unspecified atom stereocenters. The number of nitrogens with one attached hydrogen (secondary N) is 1. The van der Waals surface area contributed by atoms with E-state index in [-0.39, 0.29) is 0 Å². The van der Waals surface area contributed by atoms with E-state index in [1.807, 2.05) is 0 Å². The zero-order chi connectivity index (χ0) is 13.3. The first kappa shape index (κ1) is 15.2. The van der Waals surface area contributed by atoms with Crippen molar-refractivity contribution in [3.05, 3.63) is 30.3 Å². The molecule has 0 bridgehead atoms. The van der Waals surface area contributed by atoms with Crippen LogP contribution in [0, 0.1) is 6.07 Å². The molecule has 1 rings (SSSR count). The Morgan fingerprint density at radius 1 is 1.06 bits per heavy atom. The SMILES string of the molecule is CCCCCCCCNS(=O)(=O)c1cc[c]cc1. The highest BCUT2D eigenvalue weighted by molar-refractivity contribution is 7.89. The van der Waals surface area contributed by atoms with Gasteiger partial charge in [0, 0.05) is 6.54 Å². The van der Waals surface area contributed by atoms with Crippen LogP contribution in [0.25, 0.3) is 0 Å². The molecule has 0 heterocycles. The molecular weight excluding hydrogens is 246 g/mol. The molecule has 3 nitrogen and oxygen atoms in total. The van der Waals surface area contributed by atoms with Gasteiger partial charge in [0.05, 0.1) is 4.90 Å². The molecule has 0 aliphatic rings. The second-order valence-corrected chi connectivity index (χ2v) is 6.17. The summed E-state index contributed by atoms with van der Waals surface area (Å²) in [6.45, 7) is 2.71. The van der Waals surface area contributed by atoms with Gasteiger partial charge in [-0.25, -0.2) is 13.1 Å². The summed E-state index contributed by atoms with van der Waals surface area (Å²) in [6.07, 6.45) is 6.94. The minimum Gasteiger partial charge on any atom is -0.211 e. The Morgan fingerprint density at radius 2 is 1.67 bits per heavy atom. The molecular formula is C14H22NO2S. The molecule has 0 saturated heterocycles. The summed E-state index contributed by atoms with van der Waals surface area (Å²) in [7, 11) is -3.33. The largest absolute Gasteiger partial charge is 0.240 e. The smallest absolute Gasteiger partial charge is 0.211 e. The minimum atomic E-state index is -3.33. The summed E-state index contributed by atoms with van der Waals surface area (Å²) in [5.74, 6) is 0. The standard InChI is InChI=1S/C14H22NO2S/c1-2-3-4-5-6-10-13-15-18(16,17)14-11-8-7-9-12-14/h8-9,11-12,15H,2-6,10,13H2,1H3. The van der Waals surface area contributed by atoms with Crippen LogP contribution in [0.15, 0.2) is 29.2 Å². The normalized spacial score (nSPS) is 11.6. The Kier molecular flexibility index (Phi) is 6.98. The van der Waals surface area contributed by atoms with Crippen LogP contribution in [-0.2, 0) is 10.0 Å². The number of rotatable bonds is 9. The van der Waals surface area contributed by atoms with Crippen molar-refractivity contribution in [3.63, 3.8) is 0 Å². The molecule has 1 N–H and O–H groups in total. The predicted octanol–water partition coefficient (Wildman–Crippen LogP) is 3.13. The van der Waals surface area contributed by atoms with Crippen molar-refractivity contribution in [3.8, 4) is 0 Å². The van der Waals surface area contributed by atoms with Gasteiger partial charge in [-0.3, -0.25) is 0 Å². The van der Waals surface area contributed by atoms with Gasteiger partial charge in [-0.1, -0.05) is 51.2 Å². The minimum absolute atomic E-state index is 0.312. The monoisotopic (exact) mass is 268 g/mol. The van der Waals surface area contributed by atoms with Gasteiger partial charge < -0.3 is 0 Å².